The van der Waals surface area contributed by atoms with Gasteiger partial charge in [0.05, 0.1) is 16.6 Å². The first-order valence-electron chi connectivity index (χ1n) is 7.00. The molecule has 1 unspecified atom stereocenters. The van der Waals surface area contributed by atoms with E-state index in [0.29, 0.717) is 16.6 Å². The third-order valence-electron chi connectivity index (χ3n) is 3.96. The van der Waals surface area contributed by atoms with Crippen LogP contribution in [0.4, 0.5) is 5.69 Å². The summed E-state index contributed by atoms with van der Waals surface area (Å²) in [5.74, 6) is 0. The van der Waals surface area contributed by atoms with Gasteiger partial charge < -0.3 is 4.90 Å². The number of nitriles is 1. The molecule has 1 aromatic carbocycles. The molecule has 2 aromatic rings. The topological polar surface area (TPSA) is 39.9 Å². The van der Waals surface area contributed by atoms with Crippen molar-refractivity contribution in [2.45, 2.75) is 32.7 Å². The van der Waals surface area contributed by atoms with Crippen molar-refractivity contribution < 1.29 is 0 Å². The van der Waals surface area contributed by atoms with E-state index in [2.05, 4.69) is 22.9 Å². The summed E-state index contributed by atoms with van der Waals surface area (Å²) in [5, 5.41) is 10.8. The Kier molecular flexibility index (Phi) is 3.88. The molecule has 0 bridgehead atoms. The average Bonchev–Trinajstić information content (AvgIpc) is 3.10. The molecule has 1 aliphatic heterocycles. The van der Waals surface area contributed by atoms with Gasteiger partial charge in [-0.15, -0.1) is 11.3 Å². The van der Waals surface area contributed by atoms with Crippen LogP contribution in [0.25, 0.3) is 0 Å². The fourth-order valence-corrected chi connectivity index (χ4v) is 4.03. The van der Waals surface area contributed by atoms with Crippen LogP contribution in [0.15, 0.2) is 18.3 Å². The Hall–Kier alpha value is -1.57. The van der Waals surface area contributed by atoms with E-state index in [-0.39, 0.29) is 0 Å². The van der Waals surface area contributed by atoms with E-state index >= 15 is 0 Å². The highest BCUT2D eigenvalue weighted by molar-refractivity contribution is 7.11. The number of hydrogen-bond donors (Lipinski definition) is 0. The van der Waals surface area contributed by atoms with Crippen molar-refractivity contribution in [2.24, 2.45) is 0 Å². The number of rotatable bonds is 2. The Morgan fingerprint density at radius 1 is 1.43 bits per heavy atom. The summed E-state index contributed by atoms with van der Waals surface area (Å²) in [5.41, 5.74) is 2.64. The molecule has 21 heavy (non-hydrogen) atoms. The Bertz CT molecular complexity index is 717. The van der Waals surface area contributed by atoms with Gasteiger partial charge in [0.2, 0.25) is 0 Å². The van der Waals surface area contributed by atoms with Crippen molar-refractivity contribution in [1.82, 2.24) is 4.98 Å². The molecule has 0 amide bonds. The number of aryl methyl sites for hydroxylation is 1. The van der Waals surface area contributed by atoms with E-state index in [1.165, 1.54) is 9.88 Å². The predicted octanol–water partition coefficient (Wildman–Crippen LogP) is 4.63. The van der Waals surface area contributed by atoms with Crippen molar-refractivity contribution in [3.8, 4) is 6.07 Å². The summed E-state index contributed by atoms with van der Waals surface area (Å²) in [6, 6.07) is 6.29. The van der Waals surface area contributed by atoms with E-state index in [0.717, 1.165) is 30.6 Å². The van der Waals surface area contributed by atoms with Crippen LogP contribution in [-0.2, 0) is 0 Å². The van der Waals surface area contributed by atoms with Gasteiger partial charge in [0.15, 0.2) is 0 Å². The normalized spacial score (nSPS) is 18.0. The maximum Gasteiger partial charge on any atom is 0.115 e. The molecule has 5 heteroatoms. The van der Waals surface area contributed by atoms with Gasteiger partial charge in [-0.2, -0.15) is 5.26 Å². The first-order chi connectivity index (χ1) is 10.1. The highest BCUT2D eigenvalue weighted by Crippen LogP contribution is 2.40. The van der Waals surface area contributed by atoms with Crippen LogP contribution in [0.5, 0.6) is 0 Å². The number of thiazole rings is 1. The van der Waals surface area contributed by atoms with Crippen molar-refractivity contribution in [2.75, 3.05) is 11.4 Å². The number of anilines is 1. The lowest BCUT2D eigenvalue weighted by Gasteiger charge is -2.27. The minimum absolute atomic E-state index is 0.325. The van der Waals surface area contributed by atoms with Gasteiger partial charge >= 0.3 is 0 Å². The van der Waals surface area contributed by atoms with Crippen LogP contribution in [0, 0.1) is 25.2 Å². The van der Waals surface area contributed by atoms with Crippen LogP contribution in [0.3, 0.4) is 0 Å². The monoisotopic (exact) mass is 317 g/mol. The Morgan fingerprint density at radius 2 is 2.24 bits per heavy atom. The van der Waals surface area contributed by atoms with Gasteiger partial charge in [-0.1, -0.05) is 11.6 Å². The molecule has 1 atom stereocenters. The fraction of sp³-hybridized carbons (Fsp3) is 0.375. The second kappa shape index (κ2) is 5.67. The first-order valence-corrected chi connectivity index (χ1v) is 8.19. The van der Waals surface area contributed by atoms with E-state index in [9.17, 15) is 0 Å². The molecule has 0 saturated carbocycles. The van der Waals surface area contributed by atoms with Gasteiger partial charge in [0.1, 0.15) is 11.1 Å². The van der Waals surface area contributed by atoms with E-state index in [4.69, 9.17) is 16.9 Å². The summed E-state index contributed by atoms with van der Waals surface area (Å²) in [6.07, 6.45) is 4.21. The van der Waals surface area contributed by atoms with Gasteiger partial charge in [-0.05, 0) is 44.4 Å². The maximum atomic E-state index is 9.08. The Morgan fingerprint density at radius 3 is 2.90 bits per heavy atom. The molecule has 1 saturated heterocycles. The maximum absolute atomic E-state index is 9.08. The van der Waals surface area contributed by atoms with Crippen LogP contribution in [-0.4, -0.2) is 11.5 Å². The summed E-state index contributed by atoms with van der Waals surface area (Å²) < 4.78 is 0. The fourth-order valence-electron chi connectivity index (χ4n) is 2.91. The molecular weight excluding hydrogens is 302 g/mol. The molecule has 1 aliphatic rings. The second-order valence-corrected chi connectivity index (χ2v) is 6.99. The Balaban J connectivity index is 2.00. The van der Waals surface area contributed by atoms with Crippen molar-refractivity contribution in [3.05, 3.63) is 44.4 Å². The van der Waals surface area contributed by atoms with Crippen LogP contribution >= 0.6 is 22.9 Å². The number of benzene rings is 1. The largest absolute Gasteiger partial charge is 0.362 e. The molecule has 108 valence electrons. The van der Waals surface area contributed by atoms with Crippen molar-refractivity contribution >= 4 is 28.6 Å². The molecule has 3 nitrogen and oxygen atoms in total. The molecule has 0 N–H and O–H groups in total. The summed E-state index contributed by atoms with van der Waals surface area (Å²) >= 11 is 8.08. The lowest BCUT2D eigenvalue weighted by Crippen LogP contribution is -2.23. The molecule has 2 heterocycles. The smallest absolute Gasteiger partial charge is 0.115 e. The van der Waals surface area contributed by atoms with Crippen LogP contribution < -0.4 is 4.90 Å². The lowest BCUT2D eigenvalue weighted by molar-refractivity contribution is 0.711. The lowest BCUT2D eigenvalue weighted by atomic mass is 10.1. The first kappa shape index (κ1) is 14.4. The van der Waals surface area contributed by atoms with E-state index in [1.54, 1.807) is 11.3 Å². The SMILES string of the molecule is Cc1cnc(C2CCCN2c2ccc(C#N)c(Cl)c2C)s1. The number of aromatic nitrogens is 1. The van der Waals surface area contributed by atoms with Gasteiger partial charge in [0, 0.05) is 23.3 Å². The van der Waals surface area contributed by atoms with Crippen LogP contribution in [0.1, 0.15) is 39.9 Å². The zero-order chi connectivity index (χ0) is 15.0. The molecule has 3 rings (SSSR count). The van der Waals surface area contributed by atoms with Gasteiger partial charge in [-0.25, -0.2) is 4.98 Å². The molecule has 1 fully saturated rings. The van der Waals surface area contributed by atoms with Gasteiger partial charge in [0.25, 0.3) is 0 Å². The number of halogens is 1. The van der Waals surface area contributed by atoms with E-state index in [1.807, 2.05) is 25.3 Å². The number of hydrogen-bond acceptors (Lipinski definition) is 4. The minimum atomic E-state index is 0.325. The van der Waals surface area contributed by atoms with Crippen LogP contribution in [0.2, 0.25) is 5.02 Å². The quantitative estimate of drug-likeness (QED) is 0.811. The zero-order valence-corrected chi connectivity index (χ0v) is 13.6. The zero-order valence-electron chi connectivity index (χ0n) is 12.1. The molecule has 0 aliphatic carbocycles. The minimum Gasteiger partial charge on any atom is -0.362 e. The van der Waals surface area contributed by atoms with E-state index < -0.39 is 0 Å². The summed E-state index contributed by atoms with van der Waals surface area (Å²) in [6.45, 7) is 5.08. The molecular formula is C16H16ClN3S. The Labute approximate surface area is 133 Å². The highest BCUT2D eigenvalue weighted by Gasteiger charge is 2.30. The van der Waals surface area contributed by atoms with Gasteiger partial charge in [-0.3, -0.25) is 0 Å². The highest BCUT2D eigenvalue weighted by atomic mass is 35.5. The predicted molar refractivity (Wildman–Crippen MR) is 87.1 cm³/mol. The summed E-state index contributed by atoms with van der Waals surface area (Å²) in [7, 11) is 0. The average molecular weight is 318 g/mol. The molecule has 1 aromatic heterocycles. The third-order valence-corrected chi connectivity index (χ3v) is 5.47. The third kappa shape index (κ3) is 2.52. The molecule has 0 spiro atoms. The van der Waals surface area contributed by atoms with Crippen molar-refractivity contribution in [1.29, 1.82) is 5.26 Å². The molecule has 0 radical (unpaired) electrons. The summed E-state index contributed by atoms with van der Waals surface area (Å²) in [4.78, 5) is 8.17. The second-order valence-electron chi connectivity index (χ2n) is 5.34. The standard InChI is InChI=1S/C16H16ClN3S/c1-10-9-19-16(21-10)14-4-3-7-20(14)13-6-5-12(8-18)15(17)11(13)2/h5-6,9,14H,3-4,7H2,1-2H3. The van der Waals surface area contributed by atoms with Crippen molar-refractivity contribution in [3.63, 3.8) is 0 Å². The number of nitrogens with zero attached hydrogens (tertiary/aromatic N) is 3.